The third-order valence-electron chi connectivity index (χ3n) is 3.85. The lowest BCUT2D eigenvalue weighted by Crippen LogP contribution is -2.28. The van der Waals surface area contributed by atoms with E-state index in [0.717, 1.165) is 19.3 Å². The first-order chi connectivity index (χ1) is 9.69. The Hall–Kier alpha value is -1.67. The molecule has 1 unspecified atom stereocenters. The zero-order valence-electron chi connectivity index (χ0n) is 12.7. The van der Waals surface area contributed by atoms with Crippen LogP contribution in [0.4, 0.5) is 0 Å². The molecular formula is C18H24N2. The Labute approximate surface area is 122 Å². The fourth-order valence-corrected chi connectivity index (χ4v) is 2.50. The number of aryl methyl sites for hydroxylation is 3. The summed E-state index contributed by atoms with van der Waals surface area (Å²) in [7, 11) is 2.05. The van der Waals surface area contributed by atoms with Gasteiger partial charge >= 0.3 is 0 Å². The van der Waals surface area contributed by atoms with Crippen LogP contribution in [0.15, 0.2) is 42.6 Å². The molecule has 1 heterocycles. The lowest BCUT2D eigenvalue weighted by molar-refractivity contribution is 0.516. The quantitative estimate of drug-likeness (QED) is 0.868. The van der Waals surface area contributed by atoms with Gasteiger partial charge < -0.3 is 5.32 Å². The molecule has 1 aromatic carbocycles. The molecule has 1 N–H and O–H groups in total. The van der Waals surface area contributed by atoms with Crippen LogP contribution in [0, 0.1) is 13.8 Å². The van der Waals surface area contributed by atoms with E-state index in [0.29, 0.717) is 6.04 Å². The molecule has 2 nitrogen and oxygen atoms in total. The minimum Gasteiger partial charge on any atom is -0.317 e. The van der Waals surface area contributed by atoms with E-state index in [1.54, 1.807) is 0 Å². The first-order valence-electron chi connectivity index (χ1n) is 7.32. The highest BCUT2D eigenvalue weighted by atomic mass is 14.9. The van der Waals surface area contributed by atoms with Gasteiger partial charge in [-0.25, -0.2) is 0 Å². The number of likely N-dealkylation sites (N-methyl/N-ethyl adjacent to an activating group) is 1. The molecule has 1 atom stereocenters. The van der Waals surface area contributed by atoms with Gasteiger partial charge in [0.15, 0.2) is 0 Å². The van der Waals surface area contributed by atoms with Crippen molar-refractivity contribution in [2.45, 2.75) is 39.2 Å². The zero-order chi connectivity index (χ0) is 14.4. The van der Waals surface area contributed by atoms with Crippen LogP contribution in [0.5, 0.6) is 0 Å². The van der Waals surface area contributed by atoms with Gasteiger partial charge in [0.1, 0.15) is 0 Å². The van der Waals surface area contributed by atoms with E-state index in [-0.39, 0.29) is 0 Å². The topological polar surface area (TPSA) is 24.9 Å². The summed E-state index contributed by atoms with van der Waals surface area (Å²) < 4.78 is 0. The maximum Gasteiger partial charge on any atom is 0.0404 e. The first kappa shape index (κ1) is 14.7. The van der Waals surface area contributed by atoms with Gasteiger partial charge in [-0.15, -0.1) is 0 Å². The fraction of sp³-hybridized carbons (Fsp3) is 0.389. The van der Waals surface area contributed by atoms with Crippen molar-refractivity contribution in [1.29, 1.82) is 0 Å². The van der Waals surface area contributed by atoms with E-state index in [4.69, 9.17) is 0 Å². The summed E-state index contributed by atoms with van der Waals surface area (Å²) in [5.74, 6) is 0. The predicted molar refractivity (Wildman–Crippen MR) is 85.0 cm³/mol. The summed E-state index contributed by atoms with van der Waals surface area (Å²) in [5.41, 5.74) is 5.35. The summed E-state index contributed by atoms with van der Waals surface area (Å²) in [6.07, 6.45) is 5.09. The standard InChI is InChI=1S/C18H24N2/c1-14-7-8-15(2)16(12-14)13-18(19-3)10-9-17-6-4-5-11-20-17/h4-8,11-12,18-19H,9-10,13H2,1-3H3. The van der Waals surface area contributed by atoms with Crippen molar-refractivity contribution in [1.82, 2.24) is 10.3 Å². The number of pyridine rings is 1. The van der Waals surface area contributed by atoms with E-state index in [1.807, 2.05) is 19.3 Å². The van der Waals surface area contributed by atoms with Crippen molar-refractivity contribution in [3.8, 4) is 0 Å². The molecule has 0 aliphatic carbocycles. The number of benzene rings is 1. The molecule has 20 heavy (non-hydrogen) atoms. The average Bonchev–Trinajstić information content (AvgIpc) is 2.48. The Kier molecular flexibility index (Phi) is 5.31. The van der Waals surface area contributed by atoms with E-state index in [1.165, 1.54) is 22.4 Å². The van der Waals surface area contributed by atoms with Crippen LogP contribution in [-0.2, 0) is 12.8 Å². The third-order valence-corrected chi connectivity index (χ3v) is 3.85. The second kappa shape index (κ2) is 7.20. The van der Waals surface area contributed by atoms with E-state index >= 15 is 0 Å². The minimum atomic E-state index is 0.498. The minimum absolute atomic E-state index is 0.498. The van der Waals surface area contributed by atoms with Crippen molar-refractivity contribution >= 4 is 0 Å². The molecule has 0 aliphatic heterocycles. The average molecular weight is 268 g/mol. The Morgan fingerprint density at radius 1 is 1.15 bits per heavy atom. The van der Waals surface area contributed by atoms with Crippen molar-refractivity contribution in [2.75, 3.05) is 7.05 Å². The van der Waals surface area contributed by atoms with Crippen LogP contribution >= 0.6 is 0 Å². The first-order valence-corrected chi connectivity index (χ1v) is 7.32. The monoisotopic (exact) mass is 268 g/mol. The highest BCUT2D eigenvalue weighted by Gasteiger charge is 2.10. The molecule has 0 fully saturated rings. The van der Waals surface area contributed by atoms with Gasteiger partial charge in [-0.3, -0.25) is 4.98 Å². The second-order valence-electron chi connectivity index (χ2n) is 5.48. The number of hydrogen-bond acceptors (Lipinski definition) is 2. The predicted octanol–water partition coefficient (Wildman–Crippen LogP) is 3.46. The van der Waals surface area contributed by atoms with Crippen LogP contribution in [0.2, 0.25) is 0 Å². The van der Waals surface area contributed by atoms with Gasteiger partial charge in [-0.05, 0) is 63.4 Å². The van der Waals surface area contributed by atoms with Gasteiger partial charge in [0.25, 0.3) is 0 Å². The molecule has 0 radical (unpaired) electrons. The molecule has 0 saturated heterocycles. The van der Waals surface area contributed by atoms with Gasteiger partial charge in [-0.1, -0.05) is 29.8 Å². The highest BCUT2D eigenvalue weighted by molar-refractivity contribution is 5.31. The Morgan fingerprint density at radius 2 is 2.00 bits per heavy atom. The molecular weight excluding hydrogens is 244 g/mol. The summed E-state index contributed by atoms with van der Waals surface area (Å²) in [6, 6.07) is 13.3. The number of rotatable bonds is 6. The summed E-state index contributed by atoms with van der Waals surface area (Å²) in [4.78, 5) is 4.40. The van der Waals surface area contributed by atoms with Crippen molar-refractivity contribution < 1.29 is 0 Å². The van der Waals surface area contributed by atoms with Gasteiger partial charge in [0.05, 0.1) is 0 Å². The number of nitrogens with one attached hydrogen (secondary N) is 1. The third kappa shape index (κ3) is 4.17. The maximum atomic E-state index is 4.40. The molecule has 2 aromatic rings. The normalized spacial score (nSPS) is 12.3. The summed E-state index contributed by atoms with van der Waals surface area (Å²) >= 11 is 0. The molecule has 0 saturated carbocycles. The van der Waals surface area contributed by atoms with E-state index in [2.05, 4.69) is 54.5 Å². The molecule has 0 aliphatic rings. The zero-order valence-corrected chi connectivity index (χ0v) is 12.7. The SMILES string of the molecule is CNC(CCc1ccccn1)Cc1cc(C)ccc1C. The fourth-order valence-electron chi connectivity index (χ4n) is 2.50. The Bertz CT molecular complexity index is 534. The molecule has 2 heteroatoms. The highest BCUT2D eigenvalue weighted by Crippen LogP contribution is 2.15. The lowest BCUT2D eigenvalue weighted by Gasteiger charge is -2.17. The number of hydrogen-bond donors (Lipinski definition) is 1. The van der Waals surface area contributed by atoms with Crippen molar-refractivity contribution in [3.63, 3.8) is 0 Å². The second-order valence-corrected chi connectivity index (χ2v) is 5.48. The van der Waals surface area contributed by atoms with Crippen molar-refractivity contribution in [3.05, 3.63) is 65.0 Å². The van der Waals surface area contributed by atoms with E-state index in [9.17, 15) is 0 Å². The van der Waals surface area contributed by atoms with Crippen LogP contribution < -0.4 is 5.32 Å². The van der Waals surface area contributed by atoms with Crippen molar-refractivity contribution in [2.24, 2.45) is 0 Å². The van der Waals surface area contributed by atoms with E-state index < -0.39 is 0 Å². The van der Waals surface area contributed by atoms with Gasteiger partial charge in [0, 0.05) is 17.9 Å². The molecule has 0 amide bonds. The molecule has 0 bridgehead atoms. The maximum absolute atomic E-state index is 4.40. The van der Waals surface area contributed by atoms with Gasteiger partial charge in [0.2, 0.25) is 0 Å². The lowest BCUT2D eigenvalue weighted by atomic mass is 9.96. The van der Waals surface area contributed by atoms with Crippen LogP contribution in [0.3, 0.4) is 0 Å². The summed E-state index contributed by atoms with van der Waals surface area (Å²) in [5, 5.41) is 3.44. The molecule has 2 rings (SSSR count). The molecule has 1 aromatic heterocycles. The Morgan fingerprint density at radius 3 is 2.70 bits per heavy atom. The number of aromatic nitrogens is 1. The number of nitrogens with zero attached hydrogens (tertiary/aromatic N) is 1. The van der Waals surface area contributed by atoms with Gasteiger partial charge in [-0.2, -0.15) is 0 Å². The van der Waals surface area contributed by atoms with Crippen LogP contribution in [0.1, 0.15) is 28.8 Å². The molecule has 106 valence electrons. The summed E-state index contributed by atoms with van der Waals surface area (Å²) in [6.45, 7) is 4.35. The largest absolute Gasteiger partial charge is 0.317 e. The Balaban J connectivity index is 1.97. The smallest absolute Gasteiger partial charge is 0.0404 e. The molecule has 0 spiro atoms. The van der Waals surface area contributed by atoms with Crippen LogP contribution in [0.25, 0.3) is 0 Å². The van der Waals surface area contributed by atoms with Crippen LogP contribution in [-0.4, -0.2) is 18.1 Å².